The van der Waals surface area contributed by atoms with Crippen LogP contribution in [0.2, 0.25) is 0 Å². The third-order valence-electron chi connectivity index (χ3n) is 4.58. The molecule has 0 radical (unpaired) electrons. The number of carbonyl (C=O) groups is 1. The Morgan fingerprint density at radius 3 is 2.63 bits per heavy atom. The smallest absolute Gasteiger partial charge is 0.256 e. The van der Waals surface area contributed by atoms with E-state index in [-0.39, 0.29) is 11.8 Å². The highest BCUT2D eigenvalue weighted by Crippen LogP contribution is 2.32. The molecule has 0 fully saturated rings. The first-order chi connectivity index (χ1) is 13.1. The van der Waals surface area contributed by atoms with E-state index in [1.165, 1.54) is 0 Å². The summed E-state index contributed by atoms with van der Waals surface area (Å²) in [5, 5.41) is 3.83. The Kier molecular flexibility index (Phi) is 4.67. The Labute approximate surface area is 158 Å². The van der Waals surface area contributed by atoms with Crippen LogP contribution >= 0.6 is 0 Å². The minimum atomic E-state index is -0.162. The molecular formula is C22H22N2O3. The van der Waals surface area contributed by atoms with Crippen LogP contribution in [0.15, 0.2) is 48.5 Å². The average molecular weight is 362 g/mol. The van der Waals surface area contributed by atoms with Crippen molar-refractivity contribution >= 4 is 22.5 Å². The third kappa shape index (κ3) is 3.58. The van der Waals surface area contributed by atoms with Gasteiger partial charge in [0.25, 0.3) is 5.91 Å². The zero-order valence-corrected chi connectivity index (χ0v) is 15.5. The van der Waals surface area contributed by atoms with Crippen molar-refractivity contribution < 1.29 is 14.3 Å². The number of para-hydroxylation sites is 1. The van der Waals surface area contributed by atoms with Crippen molar-refractivity contribution in [2.24, 2.45) is 0 Å². The van der Waals surface area contributed by atoms with E-state index >= 15 is 0 Å². The highest BCUT2D eigenvalue weighted by molar-refractivity contribution is 6.12. The normalized spacial score (nSPS) is 13.4. The molecule has 3 aromatic rings. The van der Waals surface area contributed by atoms with Gasteiger partial charge < -0.3 is 14.8 Å². The van der Waals surface area contributed by atoms with Gasteiger partial charge in [0.2, 0.25) is 0 Å². The molecule has 0 spiro atoms. The molecule has 2 heterocycles. The van der Waals surface area contributed by atoms with E-state index in [0.717, 1.165) is 23.0 Å². The van der Waals surface area contributed by atoms with E-state index in [0.29, 0.717) is 36.0 Å². The highest BCUT2D eigenvalue weighted by Gasteiger charge is 2.16. The van der Waals surface area contributed by atoms with Crippen molar-refractivity contribution in [3.63, 3.8) is 0 Å². The van der Waals surface area contributed by atoms with Crippen molar-refractivity contribution in [2.75, 3.05) is 18.5 Å². The predicted molar refractivity (Wildman–Crippen MR) is 106 cm³/mol. The molecule has 0 unspecified atom stereocenters. The lowest BCUT2D eigenvalue weighted by molar-refractivity contribution is 0.102. The first-order valence-electron chi connectivity index (χ1n) is 9.22. The highest BCUT2D eigenvalue weighted by atomic mass is 16.5. The minimum absolute atomic E-state index is 0.162. The molecule has 27 heavy (non-hydrogen) atoms. The number of fused-ring (bicyclic) bond motifs is 2. The molecule has 0 atom stereocenters. The Balaban J connectivity index is 1.68. The molecule has 5 heteroatoms. The number of carbonyl (C=O) groups excluding carboxylic acids is 1. The predicted octanol–water partition coefficient (Wildman–Crippen LogP) is 4.77. The number of aromatic nitrogens is 1. The van der Waals surface area contributed by atoms with Crippen LogP contribution in [0.4, 0.5) is 5.69 Å². The molecule has 2 aromatic carbocycles. The van der Waals surface area contributed by atoms with Crippen LogP contribution in [0.5, 0.6) is 11.5 Å². The van der Waals surface area contributed by atoms with Crippen LogP contribution in [-0.4, -0.2) is 24.1 Å². The van der Waals surface area contributed by atoms with E-state index in [1.807, 2.05) is 48.5 Å². The third-order valence-corrected chi connectivity index (χ3v) is 4.58. The van der Waals surface area contributed by atoms with Gasteiger partial charge >= 0.3 is 0 Å². The first-order valence-corrected chi connectivity index (χ1v) is 9.22. The number of anilines is 1. The molecule has 1 amide bonds. The Morgan fingerprint density at radius 1 is 1.04 bits per heavy atom. The zero-order valence-electron chi connectivity index (χ0n) is 15.5. The van der Waals surface area contributed by atoms with Gasteiger partial charge in [0.05, 0.1) is 24.3 Å². The maximum atomic E-state index is 13.0. The number of nitrogens with zero attached hydrogens (tertiary/aromatic N) is 1. The molecule has 0 saturated carbocycles. The van der Waals surface area contributed by atoms with Gasteiger partial charge in [0, 0.05) is 29.3 Å². The molecule has 1 aromatic heterocycles. The number of benzene rings is 2. The zero-order chi connectivity index (χ0) is 18.8. The molecule has 5 nitrogen and oxygen atoms in total. The number of rotatable bonds is 3. The fourth-order valence-electron chi connectivity index (χ4n) is 3.12. The molecule has 1 aliphatic heterocycles. The number of amides is 1. The van der Waals surface area contributed by atoms with Crippen LogP contribution in [-0.2, 0) is 0 Å². The van der Waals surface area contributed by atoms with E-state index in [2.05, 4.69) is 24.1 Å². The molecule has 1 N–H and O–H groups in total. The fraction of sp³-hybridized carbons (Fsp3) is 0.273. The second kappa shape index (κ2) is 7.27. The molecule has 0 aliphatic carbocycles. The van der Waals surface area contributed by atoms with Gasteiger partial charge in [-0.3, -0.25) is 9.78 Å². The van der Waals surface area contributed by atoms with Crippen molar-refractivity contribution in [3.8, 4) is 11.5 Å². The number of ether oxygens (including phenoxy) is 2. The second-order valence-corrected chi connectivity index (χ2v) is 6.93. The van der Waals surface area contributed by atoms with Gasteiger partial charge in [-0.05, 0) is 30.2 Å². The van der Waals surface area contributed by atoms with Gasteiger partial charge in [-0.15, -0.1) is 0 Å². The fourth-order valence-corrected chi connectivity index (χ4v) is 3.12. The summed E-state index contributed by atoms with van der Waals surface area (Å²) < 4.78 is 11.4. The summed E-state index contributed by atoms with van der Waals surface area (Å²) in [6, 6.07) is 15.1. The topological polar surface area (TPSA) is 60.5 Å². The Morgan fingerprint density at radius 2 is 1.81 bits per heavy atom. The molecule has 4 rings (SSSR count). The van der Waals surface area contributed by atoms with Crippen LogP contribution in [0.1, 0.15) is 42.2 Å². The van der Waals surface area contributed by atoms with Crippen LogP contribution in [0.25, 0.3) is 10.9 Å². The molecule has 0 bridgehead atoms. The van der Waals surface area contributed by atoms with Crippen LogP contribution in [0.3, 0.4) is 0 Å². The van der Waals surface area contributed by atoms with Crippen LogP contribution in [0, 0.1) is 0 Å². The number of hydrogen-bond acceptors (Lipinski definition) is 4. The van der Waals surface area contributed by atoms with E-state index < -0.39 is 0 Å². The molecular weight excluding hydrogens is 340 g/mol. The van der Waals surface area contributed by atoms with Gasteiger partial charge in [-0.1, -0.05) is 32.0 Å². The summed E-state index contributed by atoms with van der Waals surface area (Å²) >= 11 is 0. The van der Waals surface area contributed by atoms with Crippen LogP contribution < -0.4 is 14.8 Å². The largest absolute Gasteiger partial charge is 0.490 e. The van der Waals surface area contributed by atoms with E-state index in [9.17, 15) is 4.79 Å². The van der Waals surface area contributed by atoms with E-state index in [1.54, 1.807) is 0 Å². The van der Waals surface area contributed by atoms with E-state index in [4.69, 9.17) is 9.47 Å². The lowest BCUT2D eigenvalue weighted by atomic mass is 10.0. The first kappa shape index (κ1) is 17.3. The Hall–Kier alpha value is -3.08. The quantitative estimate of drug-likeness (QED) is 0.729. The summed E-state index contributed by atoms with van der Waals surface area (Å²) in [5.74, 6) is 1.44. The van der Waals surface area contributed by atoms with Gasteiger partial charge in [0.1, 0.15) is 0 Å². The summed E-state index contributed by atoms with van der Waals surface area (Å²) in [7, 11) is 0. The molecule has 138 valence electrons. The second-order valence-electron chi connectivity index (χ2n) is 6.93. The number of hydrogen-bond donors (Lipinski definition) is 1. The average Bonchev–Trinajstić information content (AvgIpc) is 2.92. The number of nitrogens with one attached hydrogen (secondary N) is 1. The van der Waals surface area contributed by atoms with Crippen molar-refractivity contribution in [1.82, 2.24) is 4.98 Å². The molecule has 1 aliphatic rings. The summed E-state index contributed by atoms with van der Waals surface area (Å²) in [4.78, 5) is 17.7. The maximum Gasteiger partial charge on any atom is 0.256 e. The standard InChI is InChI=1S/C22H22N2O3/c1-14(2)19-13-17(16-6-3-4-7-18(16)24-19)22(25)23-15-8-9-20-21(12-15)27-11-5-10-26-20/h3-4,6-9,12-14H,5,10-11H2,1-2H3,(H,23,25). The summed E-state index contributed by atoms with van der Waals surface area (Å²) in [5.41, 5.74) is 3.03. The van der Waals surface area contributed by atoms with Crippen molar-refractivity contribution in [1.29, 1.82) is 0 Å². The van der Waals surface area contributed by atoms with Gasteiger partial charge in [-0.2, -0.15) is 0 Å². The summed E-state index contributed by atoms with van der Waals surface area (Å²) in [6.45, 7) is 5.39. The maximum absolute atomic E-state index is 13.0. The minimum Gasteiger partial charge on any atom is -0.490 e. The van der Waals surface area contributed by atoms with Gasteiger partial charge in [0.15, 0.2) is 11.5 Å². The lowest BCUT2D eigenvalue weighted by Gasteiger charge is -2.13. The monoisotopic (exact) mass is 362 g/mol. The SMILES string of the molecule is CC(C)c1cc(C(=O)Nc2ccc3c(c2)OCCCO3)c2ccccc2n1. The Bertz CT molecular complexity index is 998. The number of pyridine rings is 1. The lowest BCUT2D eigenvalue weighted by Crippen LogP contribution is -2.14. The van der Waals surface area contributed by atoms with Crippen molar-refractivity contribution in [3.05, 3.63) is 59.8 Å². The van der Waals surface area contributed by atoms with Gasteiger partial charge in [-0.25, -0.2) is 0 Å². The molecule has 0 saturated heterocycles. The van der Waals surface area contributed by atoms with Crippen molar-refractivity contribution in [2.45, 2.75) is 26.2 Å². The summed E-state index contributed by atoms with van der Waals surface area (Å²) in [6.07, 6.45) is 0.845.